The fraction of sp³-hybridized carbons (Fsp3) is 0.429. The predicted octanol–water partition coefficient (Wildman–Crippen LogP) is 2.97. The molecule has 0 aromatic carbocycles. The molecule has 18 heavy (non-hydrogen) atoms. The first kappa shape index (κ1) is 12.0. The first-order valence-corrected chi connectivity index (χ1v) is 7.28. The maximum atomic E-state index is 5.69. The zero-order chi connectivity index (χ0) is 12.4. The number of nitrogens with two attached hydrogens (primary N) is 1. The number of furan rings is 1. The van der Waals surface area contributed by atoms with Gasteiger partial charge in [-0.2, -0.15) is 0 Å². The Hall–Kier alpha value is -1.10. The van der Waals surface area contributed by atoms with Crippen LogP contribution in [0.3, 0.4) is 0 Å². The fourth-order valence-electron chi connectivity index (χ4n) is 2.56. The molecule has 1 atom stereocenters. The molecule has 4 heteroatoms. The fourth-order valence-corrected chi connectivity index (χ4v) is 3.87. The van der Waals surface area contributed by atoms with Crippen LogP contribution in [0, 0.1) is 0 Å². The standard InChI is InChI=1S/C14H18N2OS/c15-16-12(9-11-5-3-7-17-11)14-8-10-4-1-2-6-13(10)18-14/h3,5,7-8,12,16H,1-2,4,6,9,15H2. The number of nitrogens with one attached hydrogen (secondary N) is 1. The van der Waals surface area contributed by atoms with Crippen LogP contribution in [0.5, 0.6) is 0 Å². The minimum Gasteiger partial charge on any atom is -0.469 e. The van der Waals surface area contributed by atoms with Gasteiger partial charge in [0.2, 0.25) is 0 Å². The number of thiophene rings is 1. The van der Waals surface area contributed by atoms with Crippen molar-refractivity contribution in [2.24, 2.45) is 5.84 Å². The normalized spacial score (nSPS) is 16.5. The molecule has 0 bridgehead atoms. The number of hydrogen-bond acceptors (Lipinski definition) is 4. The lowest BCUT2D eigenvalue weighted by Gasteiger charge is -2.12. The average molecular weight is 262 g/mol. The Balaban J connectivity index is 1.80. The Kier molecular flexibility index (Phi) is 3.50. The van der Waals surface area contributed by atoms with Crippen molar-refractivity contribution in [3.05, 3.63) is 45.5 Å². The molecular weight excluding hydrogens is 244 g/mol. The number of hydrogen-bond donors (Lipinski definition) is 2. The molecule has 3 nitrogen and oxygen atoms in total. The molecule has 0 spiro atoms. The van der Waals surface area contributed by atoms with Crippen molar-refractivity contribution >= 4 is 11.3 Å². The first-order valence-electron chi connectivity index (χ1n) is 6.47. The Morgan fingerprint density at radius 1 is 1.39 bits per heavy atom. The summed E-state index contributed by atoms with van der Waals surface area (Å²) in [6.07, 6.45) is 7.63. The van der Waals surface area contributed by atoms with Crippen LogP contribution in [0.4, 0.5) is 0 Å². The third-order valence-electron chi connectivity index (χ3n) is 3.55. The minimum atomic E-state index is 0.159. The van der Waals surface area contributed by atoms with Gasteiger partial charge in [-0.3, -0.25) is 11.3 Å². The largest absolute Gasteiger partial charge is 0.469 e. The summed E-state index contributed by atoms with van der Waals surface area (Å²) in [5.74, 6) is 6.67. The van der Waals surface area contributed by atoms with Crippen molar-refractivity contribution in [2.75, 3.05) is 0 Å². The average Bonchev–Trinajstić information content (AvgIpc) is 3.04. The summed E-state index contributed by atoms with van der Waals surface area (Å²) in [5.41, 5.74) is 4.44. The van der Waals surface area contributed by atoms with Crippen LogP contribution in [-0.2, 0) is 19.3 Å². The van der Waals surface area contributed by atoms with Gasteiger partial charge in [0.25, 0.3) is 0 Å². The molecule has 1 aliphatic rings. The van der Waals surface area contributed by atoms with E-state index in [0.717, 1.165) is 12.2 Å². The van der Waals surface area contributed by atoms with Gasteiger partial charge in [0, 0.05) is 16.2 Å². The van der Waals surface area contributed by atoms with Gasteiger partial charge in [-0.05, 0) is 49.4 Å². The smallest absolute Gasteiger partial charge is 0.105 e. The van der Waals surface area contributed by atoms with E-state index < -0.39 is 0 Å². The number of hydrazine groups is 1. The number of aryl methyl sites for hydroxylation is 2. The van der Waals surface area contributed by atoms with E-state index in [-0.39, 0.29) is 6.04 Å². The zero-order valence-corrected chi connectivity index (χ0v) is 11.1. The molecule has 96 valence electrons. The SMILES string of the molecule is NNC(Cc1ccco1)c1cc2c(s1)CCCC2. The van der Waals surface area contributed by atoms with Gasteiger partial charge in [0.05, 0.1) is 12.3 Å². The summed E-state index contributed by atoms with van der Waals surface area (Å²) >= 11 is 1.91. The zero-order valence-electron chi connectivity index (χ0n) is 10.3. The molecule has 0 radical (unpaired) electrons. The highest BCUT2D eigenvalue weighted by Crippen LogP contribution is 2.33. The third kappa shape index (κ3) is 2.36. The van der Waals surface area contributed by atoms with E-state index >= 15 is 0 Å². The molecule has 0 saturated heterocycles. The summed E-state index contributed by atoms with van der Waals surface area (Å²) in [4.78, 5) is 2.89. The summed E-state index contributed by atoms with van der Waals surface area (Å²) in [6.45, 7) is 0. The van der Waals surface area contributed by atoms with E-state index in [4.69, 9.17) is 10.3 Å². The van der Waals surface area contributed by atoms with Crippen molar-refractivity contribution in [2.45, 2.75) is 38.1 Å². The molecular formula is C14H18N2OS. The molecule has 0 amide bonds. The van der Waals surface area contributed by atoms with Crippen LogP contribution in [0.1, 0.15) is 40.0 Å². The van der Waals surface area contributed by atoms with E-state index in [1.165, 1.54) is 36.1 Å². The van der Waals surface area contributed by atoms with E-state index in [1.54, 1.807) is 11.1 Å². The second-order valence-electron chi connectivity index (χ2n) is 4.81. The van der Waals surface area contributed by atoms with Crippen LogP contribution in [0.15, 0.2) is 28.9 Å². The summed E-state index contributed by atoms with van der Waals surface area (Å²) in [7, 11) is 0. The van der Waals surface area contributed by atoms with Crippen molar-refractivity contribution in [1.29, 1.82) is 0 Å². The van der Waals surface area contributed by atoms with Crippen molar-refractivity contribution in [1.82, 2.24) is 5.43 Å². The molecule has 2 aromatic rings. The summed E-state index contributed by atoms with van der Waals surface area (Å²) < 4.78 is 5.40. The second-order valence-corrected chi connectivity index (χ2v) is 5.98. The maximum absolute atomic E-state index is 5.69. The third-order valence-corrected chi connectivity index (χ3v) is 4.90. The van der Waals surface area contributed by atoms with Crippen molar-refractivity contribution in [3.63, 3.8) is 0 Å². The van der Waals surface area contributed by atoms with Crippen molar-refractivity contribution in [3.8, 4) is 0 Å². The monoisotopic (exact) mass is 262 g/mol. The Labute approximate surface area is 111 Å². The molecule has 3 N–H and O–H groups in total. The highest BCUT2D eigenvalue weighted by molar-refractivity contribution is 7.12. The Morgan fingerprint density at radius 2 is 2.28 bits per heavy atom. The maximum Gasteiger partial charge on any atom is 0.105 e. The Morgan fingerprint density at radius 3 is 3.00 bits per heavy atom. The number of fused-ring (bicyclic) bond motifs is 1. The minimum absolute atomic E-state index is 0.159. The van der Waals surface area contributed by atoms with E-state index in [2.05, 4.69) is 11.5 Å². The summed E-state index contributed by atoms with van der Waals surface area (Å²) in [6, 6.07) is 6.40. The van der Waals surface area contributed by atoms with Gasteiger partial charge in [-0.15, -0.1) is 11.3 Å². The molecule has 0 aliphatic heterocycles. The van der Waals surface area contributed by atoms with Crippen LogP contribution in [0.2, 0.25) is 0 Å². The van der Waals surface area contributed by atoms with E-state index in [0.29, 0.717) is 0 Å². The lowest BCUT2D eigenvalue weighted by Crippen LogP contribution is -2.28. The van der Waals surface area contributed by atoms with Crippen LogP contribution in [0.25, 0.3) is 0 Å². The van der Waals surface area contributed by atoms with E-state index in [1.807, 2.05) is 23.5 Å². The van der Waals surface area contributed by atoms with E-state index in [9.17, 15) is 0 Å². The number of rotatable bonds is 4. The lowest BCUT2D eigenvalue weighted by atomic mass is 9.98. The second kappa shape index (κ2) is 5.26. The molecule has 1 unspecified atom stereocenters. The van der Waals surface area contributed by atoms with Gasteiger partial charge < -0.3 is 4.42 Å². The van der Waals surface area contributed by atoms with Crippen LogP contribution < -0.4 is 11.3 Å². The first-order chi connectivity index (χ1) is 8.86. The molecule has 0 fully saturated rings. The molecule has 3 rings (SSSR count). The van der Waals surface area contributed by atoms with Crippen LogP contribution in [-0.4, -0.2) is 0 Å². The van der Waals surface area contributed by atoms with Gasteiger partial charge in [-0.1, -0.05) is 0 Å². The molecule has 0 saturated carbocycles. The Bertz CT molecular complexity index is 480. The van der Waals surface area contributed by atoms with Gasteiger partial charge in [-0.25, -0.2) is 0 Å². The molecule has 1 aliphatic carbocycles. The molecule has 2 aromatic heterocycles. The quantitative estimate of drug-likeness (QED) is 0.658. The topological polar surface area (TPSA) is 51.2 Å². The van der Waals surface area contributed by atoms with Crippen molar-refractivity contribution < 1.29 is 4.42 Å². The summed E-state index contributed by atoms with van der Waals surface area (Å²) in [5, 5.41) is 0. The van der Waals surface area contributed by atoms with Gasteiger partial charge in [0.15, 0.2) is 0 Å². The molecule has 2 heterocycles. The van der Waals surface area contributed by atoms with Gasteiger partial charge in [0.1, 0.15) is 5.76 Å². The predicted molar refractivity (Wildman–Crippen MR) is 73.4 cm³/mol. The lowest BCUT2D eigenvalue weighted by molar-refractivity contribution is 0.458. The van der Waals surface area contributed by atoms with Crippen LogP contribution >= 0.6 is 11.3 Å². The highest BCUT2D eigenvalue weighted by Gasteiger charge is 2.19. The highest BCUT2D eigenvalue weighted by atomic mass is 32.1. The van der Waals surface area contributed by atoms with Gasteiger partial charge >= 0.3 is 0 Å².